The minimum atomic E-state index is -0.740. The van der Waals surface area contributed by atoms with Gasteiger partial charge < -0.3 is 16.2 Å². The number of carboxylic acids is 1. The first-order valence-corrected chi connectivity index (χ1v) is 8.28. The van der Waals surface area contributed by atoms with Crippen LogP contribution in [0.4, 0.5) is 0 Å². The molecule has 3 atom stereocenters. The molecule has 0 aromatic carbocycles. The van der Waals surface area contributed by atoms with Crippen molar-refractivity contribution in [2.24, 2.45) is 17.6 Å². The van der Waals surface area contributed by atoms with E-state index in [0.29, 0.717) is 18.9 Å². The number of rotatable bonds is 9. The molecule has 1 saturated carbocycles. The molecule has 1 amide bonds. The van der Waals surface area contributed by atoms with Crippen LogP contribution < -0.4 is 11.1 Å². The molecule has 0 aliphatic heterocycles. The standard InChI is InChI=1S/C16H30N2O3/c1-2-4-12(7-8-15(19)20)9-10-18-16(21)13-5-3-6-14(17)11-13/h12-14H,2-11,17H2,1H3,(H,18,21)(H,19,20). The van der Waals surface area contributed by atoms with Crippen LogP contribution in [-0.2, 0) is 9.59 Å². The Hall–Kier alpha value is -1.10. The molecular formula is C16H30N2O3. The normalized spacial score (nSPS) is 23.5. The second-order valence-corrected chi connectivity index (χ2v) is 6.29. The van der Waals surface area contributed by atoms with E-state index in [-0.39, 0.29) is 24.3 Å². The summed E-state index contributed by atoms with van der Waals surface area (Å²) in [5, 5.41) is 11.8. The van der Waals surface area contributed by atoms with Crippen molar-refractivity contribution in [1.82, 2.24) is 5.32 Å². The minimum absolute atomic E-state index is 0.0670. The Bertz CT molecular complexity index is 333. The van der Waals surface area contributed by atoms with E-state index >= 15 is 0 Å². The molecule has 1 rings (SSSR count). The number of carboxylic acid groups (broad SMARTS) is 1. The first kappa shape index (κ1) is 18.0. The second-order valence-electron chi connectivity index (χ2n) is 6.29. The van der Waals surface area contributed by atoms with E-state index in [9.17, 15) is 9.59 Å². The Kier molecular flexibility index (Phi) is 8.35. The smallest absolute Gasteiger partial charge is 0.303 e. The largest absolute Gasteiger partial charge is 0.481 e. The molecule has 0 heterocycles. The predicted octanol–water partition coefficient (Wildman–Crippen LogP) is 2.29. The molecule has 0 spiro atoms. The van der Waals surface area contributed by atoms with Gasteiger partial charge in [-0.25, -0.2) is 0 Å². The van der Waals surface area contributed by atoms with Crippen molar-refractivity contribution in [1.29, 1.82) is 0 Å². The van der Waals surface area contributed by atoms with Crippen molar-refractivity contribution in [3.8, 4) is 0 Å². The quantitative estimate of drug-likeness (QED) is 0.609. The summed E-state index contributed by atoms with van der Waals surface area (Å²) in [6, 6.07) is 0.165. The molecule has 1 aliphatic rings. The third-order valence-electron chi connectivity index (χ3n) is 4.40. The lowest BCUT2D eigenvalue weighted by atomic mass is 9.85. The van der Waals surface area contributed by atoms with Gasteiger partial charge in [0.1, 0.15) is 0 Å². The van der Waals surface area contributed by atoms with Gasteiger partial charge in [-0.2, -0.15) is 0 Å². The number of aliphatic carboxylic acids is 1. The second kappa shape index (κ2) is 9.77. The van der Waals surface area contributed by atoms with E-state index in [1.54, 1.807) is 0 Å². The van der Waals surface area contributed by atoms with Gasteiger partial charge in [-0.05, 0) is 38.0 Å². The number of hydrogen-bond acceptors (Lipinski definition) is 3. The van der Waals surface area contributed by atoms with Crippen LogP contribution in [0.5, 0.6) is 0 Å². The summed E-state index contributed by atoms with van der Waals surface area (Å²) < 4.78 is 0. The van der Waals surface area contributed by atoms with Gasteiger partial charge >= 0.3 is 5.97 Å². The van der Waals surface area contributed by atoms with Crippen LogP contribution in [-0.4, -0.2) is 29.6 Å². The highest BCUT2D eigenvalue weighted by Gasteiger charge is 2.25. The topological polar surface area (TPSA) is 92.4 Å². The molecule has 0 aromatic heterocycles. The molecule has 5 nitrogen and oxygen atoms in total. The number of amides is 1. The molecule has 5 heteroatoms. The molecule has 3 unspecified atom stereocenters. The first-order chi connectivity index (χ1) is 10.0. The highest BCUT2D eigenvalue weighted by molar-refractivity contribution is 5.78. The predicted molar refractivity (Wildman–Crippen MR) is 82.8 cm³/mol. The molecular weight excluding hydrogens is 268 g/mol. The van der Waals surface area contributed by atoms with Gasteiger partial charge in [0.2, 0.25) is 5.91 Å². The Labute approximate surface area is 127 Å². The van der Waals surface area contributed by atoms with E-state index in [1.807, 2.05) is 0 Å². The molecule has 122 valence electrons. The Morgan fingerprint density at radius 1 is 1.29 bits per heavy atom. The summed E-state index contributed by atoms with van der Waals surface area (Å²) in [7, 11) is 0. The van der Waals surface area contributed by atoms with Gasteiger partial charge in [0.05, 0.1) is 0 Å². The van der Waals surface area contributed by atoms with Gasteiger partial charge in [0.25, 0.3) is 0 Å². The number of nitrogens with two attached hydrogens (primary N) is 1. The van der Waals surface area contributed by atoms with Crippen LogP contribution in [0.2, 0.25) is 0 Å². The molecule has 0 saturated heterocycles. The van der Waals surface area contributed by atoms with Crippen LogP contribution in [0, 0.1) is 11.8 Å². The molecule has 4 N–H and O–H groups in total. The van der Waals surface area contributed by atoms with Crippen LogP contribution in [0.3, 0.4) is 0 Å². The molecule has 0 radical (unpaired) electrons. The Morgan fingerprint density at radius 3 is 2.67 bits per heavy atom. The fourth-order valence-electron chi connectivity index (χ4n) is 3.18. The van der Waals surface area contributed by atoms with E-state index in [1.165, 1.54) is 0 Å². The van der Waals surface area contributed by atoms with E-state index in [0.717, 1.165) is 44.9 Å². The third kappa shape index (κ3) is 7.46. The van der Waals surface area contributed by atoms with Gasteiger partial charge in [-0.1, -0.05) is 26.2 Å². The van der Waals surface area contributed by atoms with E-state index in [2.05, 4.69) is 12.2 Å². The highest BCUT2D eigenvalue weighted by Crippen LogP contribution is 2.23. The van der Waals surface area contributed by atoms with Crippen molar-refractivity contribution in [2.45, 2.75) is 70.8 Å². The average molecular weight is 298 g/mol. The zero-order valence-electron chi connectivity index (χ0n) is 13.1. The van der Waals surface area contributed by atoms with E-state index < -0.39 is 5.97 Å². The van der Waals surface area contributed by atoms with Crippen molar-refractivity contribution in [2.75, 3.05) is 6.54 Å². The van der Waals surface area contributed by atoms with Crippen LogP contribution >= 0.6 is 0 Å². The molecule has 1 fully saturated rings. The first-order valence-electron chi connectivity index (χ1n) is 8.28. The molecule has 0 aromatic rings. The summed E-state index contributed by atoms with van der Waals surface area (Å²) in [6.07, 6.45) is 7.66. The SMILES string of the molecule is CCCC(CCNC(=O)C1CCCC(N)C1)CCC(=O)O. The van der Waals surface area contributed by atoms with Gasteiger partial charge in [0, 0.05) is 24.9 Å². The van der Waals surface area contributed by atoms with Gasteiger partial charge in [0.15, 0.2) is 0 Å². The summed E-state index contributed by atoms with van der Waals surface area (Å²) in [4.78, 5) is 22.7. The van der Waals surface area contributed by atoms with E-state index in [4.69, 9.17) is 10.8 Å². The van der Waals surface area contributed by atoms with Crippen molar-refractivity contribution < 1.29 is 14.7 Å². The van der Waals surface area contributed by atoms with Crippen molar-refractivity contribution >= 4 is 11.9 Å². The zero-order valence-corrected chi connectivity index (χ0v) is 13.1. The van der Waals surface area contributed by atoms with Crippen molar-refractivity contribution in [3.05, 3.63) is 0 Å². The summed E-state index contributed by atoms with van der Waals surface area (Å²) in [5.74, 6) is -0.160. The maximum absolute atomic E-state index is 12.1. The lowest BCUT2D eigenvalue weighted by Gasteiger charge is -2.26. The molecule has 1 aliphatic carbocycles. The highest BCUT2D eigenvalue weighted by atomic mass is 16.4. The maximum Gasteiger partial charge on any atom is 0.303 e. The number of carbonyl (C=O) groups is 2. The lowest BCUT2D eigenvalue weighted by Crippen LogP contribution is -2.38. The average Bonchev–Trinajstić information content (AvgIpc) is 2.44. The number of nitrogens with one attached hydrogen (secondary N) is 1. The number of carbonyl (C=O) groups excluding carboxylic acids is 1. The van der Waals surface area contributed by atoms with Crippen LogP contribution in [0.25, 0.3) is 0 Å². The summed E-state index contributed by atoms with van der Waals surface area (Å²) in [5.41, 5.74) is 5.91. The fraction of sp³-hybridized carbons (Fsp3) is 0.875. The van der Waals surface area contributed by atoms with Gasteiger partial charge in [-0.3, -0.25) is 9.59 Å². The minimum Gasteiger partial charge on any atom is -0.481 e. The Balaban J connectivity index is 2.25. The third-order valence-corrected chi connectivity index (χ3v) is 4.40. The van der Waals surface area contributed by atoms with Gasteiger partial charge in [-0.15, -0.1) is 0 Å². The summed E-state index contributed by atoms with van der Waals surface area (Å²) in [6.45, 7) is 2.75. The maximum atomic E-state index is 12.1. The van der Waals surface area contributed by atoms with Crippen LogP contribution in [0.15, 0.2) is 0 Å². The molecule has 21 heavy (non-hydrogen) atoms. The number of hydrogen-bond donors (Lipinski definition) is 3. The fourth-order valence-corrected chi connectivity index (χ4v) is 3.18. The van der Waals surface area contributed by atoms with Crippen molar-refractivity contribution in [3.63, 3.8) is 0 Å². The zero-order chi connectivity index (χ0) is 15.7. The van der Waals surface area contributed by atoms with Crippen LogP contribution in [0.1, 0.15) is 64.7 Å². The summed E-state index contributed by atoms with van der Waals surface area (Å²) >= 11 is 0. The monoisotopic (exact) mass is 298 g/mol. The molecule has 0 bridgehead atoms. The lowest BCUT2D eigenvalue weighted by molar-refractivity contribution is -0.137. The Morgan fingerprint density at radius 2 is 2.05 bits per heavy atom.